The molecule has 7 heteroatoms. The van der Waals surface area contributed by atoms with Crippen LogP contribution < -0.4 is 16.0 Å². The fraction of sp³-hybridized carbons (Fsp3) is 0.714. The second kappa shape index (κ2) is 6.44. The monoisotopic (exact) mass is 294 g/mol. The third kappa shape index (κ3) is 4.18. The number of aromatic nitrogens is 2. The average Bonchev–Trinajstić information content (AvgIpc) is 2.41. The second-order valence-electron chi connectivity index (χ2n) is 6.39. The number of β-amino-alcohol motifs (C(OH)–C–C–N with tert-alkyl or cyclic N) is 1. The van der Waals surface area contributed by atoms with E-state index in [0.29, 0.717) is 11.5 Å². The van der Waals surface area contributed by atoms with Crippen molar-refractivity contribution >= 4 is 17.3 Å². The number of nitrogens with two attached hydrogens (primary N) is 1. The number of anilines is 3. The quantitative estimate of drug-likeness (QED) is 0.739. The SMILES string of the molecule is CC(C)(C)Nc1ncnc(N2CCN(CCO)CC2)c1N. The van der Waals surface area contributed by atoms with E-state index in [1.54, 1.807) is 6.33 Å². The number of aliphatic hydroxyl groups excluding tert-OH is 1. The van der Waals surface area contributed by atoms with Crippen molar-refractivity contribution in [2.45, 2.75) is 26.3 Å². The molecule has 4 N–H and O–H groups in total. The standard InChI is InChI=1S/C14H26N6O/c1-14(2,3)18-12-11(15)13(17-10-16-12)20-6-4-19(5-7-20)8-9-21/h10,21H,4-9,15H2,1-3H3,(H,16,17,18). The molecule has 0 radical (unpaired) electrons. The van der Waals surface area contributed by atoms with Crippen LogP contribution in [0.4, 0.5) is 17.3 Å². The number of nitrogens with one attached hydrogen (secondary N) is 1. The van der Waals surface area contributed by atoms with Crippen molar-refractivity contribution in [1.82, 2.24) is 14.9 Å². The van der Waals surface area contributed by atoms with E-state index in [0.717, 1.165) is 38.5 Å². The summed E-state index contributed by atoms with van der Waals surface area (Å²) in [7, 11) is 0. The molecule has 2 rings (SSSR count). The third-order valence-electron chi connectivity index (χ3n) is 3.44. The van der Waals surface area contributed by atoms with Gasteiger partial charge in [0.2, 0.25) is 0 Å². The second-order valence-corrected chi connectivity index (χ2v) is 6.39. The van der Waals surface area contributed by atoms with E-state index in [-0.39, 0.29) is 12.1 Å². The third-order valence-corrected chi connectivity index (χ3v) is 3.44. The summed E-state index contributed by atoms with van der Waals surface area (Å²) in [6, 6.07) is 0. The van der Waals surface area contributed by atoms with Gasteiger partial charge in [0.25, 0.3) is 0 Å². The highest BCUT2D eigenvalue weighted by molar-refractivity contribution is 5.75. The Morgan fingerprint density at radius 1 is 1.24 bits per heavy atom. The van der Waals surface area contributed by atoms with Gasteiger partial charge in [-0.05, 0) is 20.8 Å². The van der Waals surface area contributed by atoms with Crippen molar-refractivity contribution in [3.63, 3.8) is 0 Å². The van der Waals surface area contributed by atoms with E-state index in [4.69, 9.17) is 10.8 Å². The Morgan fingerprint density at radius 2 is 1.90 bits per heavy atom. The van der Waals surface area contributed by atoms with Crippen LogP contribution in [0.3, 0.4) is 0 Å². The highest BCUT2D eigenvalue weighted by atomic mass is 16.3. The molecule has 21 heavy (non-hydrogen) atoms. The van der Waals surface area contributed by atoms with Gasteiger partial charge in [-0.3, -0.25) is 4.90 Å². The lowest BCUT2D eigenvalue weighted by molar-refractivity contribution is 0.188. The molecule has 0 atom stereocenters. The molecule has 0 aromatic carbocycles. The molecule has 1 aromatic rings. The first-order valence-electron chi connectivity index (χ1n) is 7.37. The van der Waals surface area contributed by atoms with Gasteiger partial charge in [0.05, 0.1) is 6.61 Å². The average molecular weight is 294 g/mol. The molecule has 0 aliphatic carbocycles. The van der Waals surface area contributed by atoms with Crippen LogP contribution in [0.5, 0.6) is 0 Å². The molecule has 0 amide bonds. The summed E-state index contributed by atoms with van der Waals surface area (Å²) in [5, 5.41) is 12.3. The number of hydrogen-bond acceptors (Lipinski definition) is 7. The van der Waals surface area contributed by atoms with E-state index in [9.17, 15) is 0 Å². The number of aliphatic hydroxyl groups is 1. The van der Waals surface area contributed by atoms with Crippen molar-refractivity contribution in [1.29, 1.82) is 0 Å². The van der Waals surface area contributed by atoms with Gasteiger partial charge in [0.1, 0.15) is 12.0 Å². The van der Waals surface area contributed by atoms with Gasteiger partial charge >= 0.3 is 0 Å². The van der Waals surface area contributed by atoms with E-state index < -0.39 is 0 Å². The van der Waals surface area contributed by atoms with E-state index >= 15 is 0 Å². The predicted octanol–water partition coefficient (Wildman–Crippen LogP) is 0.384. The number of rotatable bonds is 4. The molecule has 7 nitrogen and oxygen atoms in total. The Hall–Kier alpha value is -1.60. The van der Waals surface area contributed by atoms with E-state index in [2.05, 4.69) is 45.9 Å². The molecule has 1 fully saturated rings. The maximum Gasteiger partial charge on any atom is 0.157 e. The summed E-state index contributed by atoms with van der Waals surface area (Å²) in [4.78, 5) is 13.0. The fourth-order valence-electron chi connectivity index (χ4n) is 2.42. The maximum absolute atomic E-state index is 8.99. The van der Waals surface area contributed by atoms with Crippen LogP contribution in [0.1, 0.15) is 20.8 Å². The van der Waals surface area contributed by atoms with Crippen LogP contribution in [0.2, 0.25) is 0 Å². The minimum Gasteiger partial charge on any atom is -0.395 e. The lowest BCUT2D eigenvalue weighted by Crippen LogP contribution is -2.47. The largest absolute Gasteiger partial charge is 0.395 e. The lowest BCUT2D eigenvalue weighted by atomic mass is 10.1. The molecule has 2 heterocycles. The minimum absolute atomic E-state index is 0.0977. The molecular formula is C14H26N6O. The molecule has 1 saturated heterocycles. The Kier molecular flexibility index (Phi) is 4.84. The molecule has 1 aliphatic rings. The number of hydrogen-bond donors (Lipinski definition) is 3. The van der Waals surface area contributed by atoms with Gasteiger partial charge in [-0.15, -0.1) is 0 Å². The first kappa shape index (κ1) is 15.8. The highest BCUT2D eigenvalue weighted by Crippen LogP contribution is 2.28. The molecule has 0 saturated carbocycles. The van der Waals surface area contributed by atoms with Gasteiger partial charge in [-0.2, -0.15) is 0 Å². The van der Waals surface area contributed by atoms with Gasteiger partial charge in [-0.1, -0.05) is 0 Å². The van der Waals surface area contributed by atoms with Gasteiger partial charge in [-0.25, -0.2) is 9.97 Å². The molecule has 0 bridgehead atoms. The van der Waals surface area contributed by atoms with Crippen molar-refractivity contribution < 1.29 is 5.11 Å². The first-order valence-corrected chi connectivity index (χ1v) is 7.37. The molecule has 1 aromatic heterocycles. The zero-order valence-electron chi connectivity index (χ0n) is 13.1. The van der Waals surface area contributed by atoms with Crippen molar-refractivity contribution in [3.8, 4) is 0 Å². The van der Waals surface area contributed by atoms with Crippen LogP contribution in [-0.2, 0) is 0 Å². The van der Waals surface area contributed by atoms with Crippen molar-refractivity contribution in [2.75, 3.05) is 55.3 Å². The van der Waals surface area contributed by atoms with Gasteiger partial charge < -0.3 is 21.1 Å². The lowest BCUT2D eigenvalue weighted by Gasteiger charge is -2.35. The zero-order valence-corrected chi connectivity index (χ0v) is 13.1. The predicted molar refractivity (Wildman–Crippen MR) is 85.6 cm³/mol. The van der Waals surface area contributed by atoms with Gasteiger partial charge in [0, 0.05) is 38.3 Å². The van der Waals surface area contributed by atoms with Gasteiger partial charge in [0.15, 0.2) is 11.6 Å². The minimum atomic E-state index is -0.0977. The Bertz CT molecular complexity index is 465. The first-order chi connectivity index (χ1) is 9.90. The number of nitrogen functional groups attached to an aromatic ring is 1. The van der Waals surface area contributed by atoms with E-state index in [1.165, 1.54) is 0 Å². The van der Waals surface area contributed by atoms with Crippen LogP contribution in [0, 0.1) is 0 Å². The van der Waals surface area contributed by atoms with E-state index in [1.807, 2.05) is 0 Å². The molecule has 118 valence electrons. The van der Waals surface area contributed by atoms with Crippen LogP contribution in [0.25, 0.3) is 0 Å². The zero-order chi connectivity index (χ0) is 15.5. The summed E-state index contributed by atoms with van der Waals surface area (Å²) in [5.41, 5.74) is 6.73. The summed E-state index contributed by atoms with van der Waals surface area (Å²) in [5.74, 6) is 1.48. The maximum atomic E-state index is 8.99. The Labute approximate surface area is 126 Å². The smallest absolute Gasteiger partial charge is 0.157 e. The summed E-state index contributed by atoms with van der Waals surface area (Å²) >= 11 is 0. The Balaban J connectivity index is 2.09. The molecule has 0 unspecified atom stereocenters. The summed E-state index contributed by atoms with van der Waals surface area (Å²) in [6.07, 6.45) is 1.56. The Morgan fingerprint density at radius 3 is 2.48 bits per heavy atom. The fourth-order valence-corrected chi connectivity index (χ4v) is 2.42. The number of piperazine rings is 1. The molecular weight excluding hydrogens is 268 g/mol. The topological polar surface area (TPSA) is 90.5 Å². The molecule has 0 spiro atoms. The highest BCUT2D eigenvalue weighted by Gasteiger charge is 2.22. The van der Waals surface area contributed by atoms with Crippen molar-refractivity contribution in [3.05, 3.63) is 6.33 Å². The summed E-state index contributed by atoms with van der Waals surface area (Å²) in [6.45, 7) is 10.7. The molecule has 1 aliphatic heterocycles. The van der Waals surface area contributed by atoms with Crippen LogP contribution >= 0.6 is 0 Å². The van der Waals surface area contributed by atoms with Crippen LogP contribution in [-0.4, -0.2) is 64.8 Å². The van der Waals surface area contributed by atoms with Crippen molar-refractivity contribution in [2.24, 2.45) is 0 Å². The van der Waals surface area contributed by atoms with Crippen LogP contribution in [0.15, 0.2) is 6.33 Å². The summed E-state index contributed by atoms with van der Waals surface area (Å²) < 4.78 is 0. The number of nitrogens with zero attached hydrogens (tertiary/aromatic N) is 4. The normalized spacial score (nSPS) is 17.0.